The second-order valence-electron chi connectivity index (χ2n) is 1.95. The Labute approximate surface area is 59.7 Å². The minimum Gasteiger partial charge on any atom is -0.395 e. The second kappa shape index (κ2) is 3.87. The van der Waals surface area contributed by atoms with Crippen molar-refractivity contribution in [3.63, 3.8) is 0 Å². The Kier molecular flexibility index (Phi) is 3.80. The van der Waals surface area contributed by atoms with Crippen molar-refractivity contribution >= 4 is 10.0 Å². The van der Waals surface area contributed by atoms with E-state index in [1.54, 1.807) is 0 Å². The zero-order valence-corrected chi connectivity index (χ0v) is 6.43. The average Bonchev–Trinajstić information content (AvgIpc) is 1.81. The van der Waals surface area contributed by atoms with Gasteiger partial charge in [-0.3, -0.25) is 0 Å². The Bertz CT molecular complexity index is 172. The monoisotopic (exact) mass is 169 g/mol. The lowest BCUT2D eigenvalue weighted by Crippen LogP contribution is -2.39. The van der Waals surface area contributed by atoms with E-state index in [-0.39, 0.29) is 0 Å². The molecule has 0 aromatic carbocycles. The summed E-state index contributed by atoms with van der Waals surface area (Å²) in [6, 6.07) is -0.782. The zero-order chi connectivity index (χ0) is 8.20. The van der Waals surface area contributed by atoms with Crippen molar-refractivity contribution in [2.75, 3.05) is 19.5 Å². The van der Waals surface area contributed by atoms with Gasteiger partial charge >= 0.3 is 0 Å². The molecule has 0 aromatic rings. The number of aliphatic hydroxyl groups excluding tert-OH is 2. The van der Waals surface area contributed by atoms with Crippen LogP contribution in [0.25, 0.3) is 0 Å². The minimum atomic E-state index is -3.32. The van der Waals surface area contributed by atoms with Gasteiger partial charge in [0.1, 0.15) is 0 Å². The predicted molar refractivity (Wildman–Crippen MR) is 35.9 cm³/mol. The van der Waals surface area contributed by atoms with Crippen LogP contribution in [0, 0.1) is 0 Å². The van der Waals surface area contributed by atoms with E-state index in [0.717, 1.165) is 6.26 Å². The maximum absolute atomic E-state index is 10.4. The standard InChI is InChI=1S/C4H11NO4S/c1-10(8,9)5-4(2-6)3-7/h4-7H,2-3H2,1H3. The molecule has 0 heterocycles. The number of nitrogens with one attached hydrogen (secondary N) is 1. The van der Waals surface area contributed by atoms with E-state index in [4.69, 9.17) is 10.2 Å². The first-order valence-electron chi connectivity index (χ1n) is 2.68. The van der Waals surface area contributed by atoms with Crippen molar-refractivity contribution < 1.29 is 18.6 Å². The van der Waals surface area contributed by atoms with Crippen LogP contribution in [0.3, 0.4) is 0 Å². The second-order valence-corrected chi connectivity index (χ2v) is 3.73. The van der Waals surface area contributed by atoms with Gasteiger partial charge in [0.15, 0.2) is 0 Å². The number of hydrogen-bond donors (Lipinski definition) is 3. The molecule has 0 rings (SSSR count). The molecular formula is C4H11NO4S. The summed E-state index contributed by atoms with van der Waals surface area (Å²) < 4.78 is 22.9. The highest BCUT2D eigenvalue weighted by atomic mass is 32.2. The van der Waals surface area contributed by atoms with Gasteiger partial charge in [-0.25, -0.2) is 13.1 Å². The molecule has 0 unspecified atom stereocenters. The highest BCUT2D eigenvalue weighted by Gasteiger charge is 2.10. The molecule has 0 atom stereocenters. The molecule has 6 heteroatoms. The Balaban J connectivity index is 3.87. The Morgan fingerprint density at radius 2 is 1.80 bits per heavy atom. The molecule has 5 nitrogen and oxygen atoms in total. The third kappa shape index (κ3) is 4.68. The first-order chi connectivity index (χ1) is 4.49. The SMILES string of the molecule is CS(=O)(=O)NC(CO)CO. The topological polar surface area (TPSA) is 86.6 Å². The van der Waals surface area contributed by atoms with Crippen molar-refractivity contribution in [2.24, 2.45) is 0 Å². The summed E-state index contributed by atoms with van der Waals surface area (Å²) >= 11 is 0. The predicted octanol–water partition coefficient (Wildman–Crippen LogP) is -2.11. The molecule has 0 aliphatic rings. The van der Waals surface area contributed by atoms with Crippen LogP contribution in [-0.2, 0) is 10.0 Å². The fourth-order valence-electron chi connectivity index (χ4n) is 0.435. The molecule has 0 fully saturated rings. The average molecular weight is 169 g/mol. The van der Waals surface area contributed by atoms with Gasteiger partial charge in [-0.1, -0.05) is 0 Å². The minimum absolute atomic E-state index is 0.399. The molecule has 0 spiro atoms. The molecular weight excluding hydrogens is 158 g/mol. The van der Waals surface area contributed by atoms with Gasteiger partial charge in [0.05, 0.1) is 25.5 Å². The van der Waals surface area contributed by atoms with Gasteiger partial charge in [-0.15, -0.1) is 0 Å². The summed E-state index contributed by atoms with van der Waals surface area (Å²) in [6.07, 6.45) is 0.964. The van der Waals surface area contributed by atoms with E-state index in [9.17, 15) is 8.42 Å². The van der Waals surface area contributed by atoms with E-state index in [2.05, 4.69) is 0 Å². The smallest absolute Gasteiger partial charge is 0.209 e. The first kappa shape index (κ1) is 9.83. The fraction of sp³-hybridized carbons (Fsp3) is 1.00. The van der Waals surface area contributed by atoms with Gasteiger partial charge in [0, 0.05) is 0 Å². The van der Waals surface area contributed by atoms with Crippen LogP contribution in [0.15, 0.2) is 0 Å². The maximum atomic E-state index is 10.4. The molecule has 0 aliphatic heterocycles. The van der Waals surface area contributed by atoms with Crippen molar-refractivity contribution in [3.05, 3.63) is 0 Å². The van der Waals surface area contributed by atoms with E-state index >= 15 is 0 Å². The highest BCUT2D eigenvalue weighted by Crippen LogP contribution is 1.82. The number of rotatable bonds is 4. The molecule has 62 valence electrons. The summed E-state index contributed by atoms with van der Waals surface area (Å²) in [4.78, 5) is 0. The van der Waals surface area contributed by atoms with Gasteiger partial charge < -0.3 is 10.2 Å². The van der Waals surface area contributed by atoms with Crippen molar-refractivity contribution in [1.82, 2.24) is 4.72 Å². The van der Waals surface area contributed by atoms with Gasteiger partial charge in [0.2, 0.25) is 10.0 Å². The number of aliphatic hydroxyl groups is 2. The molecule has 0 aliphatic carbocycles. The van der Waals surface area contributed by atoms with Crippen LogP contribution in [0.4, 0.5) is 0 Å². The molecule has 0 amide bonds. The van der Waals surface area contributed by atoms with Crippen LogP contribution in [0.5, 0.6) is 0 Å². The van der Waals surface area contributed by atoms with Crippen molar-refractivity contribution in [1.29, 1.82) is 0 Å². The summed E-state index contributed by atoms with van der Waals surface area (Å²) in [5, 5.41) is 16.8. The van der Waals surface area contributed by atoms with Crippen molar-refractivity contribution in [3.8, 4) is 0 Å². The van der Waals surface area contributed by atoms with Crippen LogP contribution in [0.2, 0.25) is 0 Å². The van der Waals surface area contributed by atoms with Crippen molar-refractivity contribution in [2.45, 2.75) is 6.04 Å². The van der Waals surface area contributed by atoms with E-state index < -0.39 is 29.3 Å². The summed E-state index contributed by atoms with van der Waals surface area (Å²) in [5.41, 5.74) is 0. The highest BCUT2D eigenvalue weighted by molar-refractivity contribution is 7.88. The summed E-state index contributed by atoms with van der Waals surface area (Å²) in [5.74, 6) is 0. The summed E-state index contributed by atoms with van der Waals surface area (Å²) in [6.45, 7) is -0.798. The van der Waals surface area contributed by atoms with Crippen LogP contribution in [0.1, 0.15) is 0 Å². The van der Waals surface area contributed by atoms with Gasteiger partial charge in [-0.2, -0.15) is 0 Å². The third-order valence-corrected chi connectivity index (χ3v) is 1.58. The Hall–Kier alpha value is -0.170. The first-order valence-corrected chi connectivity index (χ1v) is 4.57. The lowest BCUT2D eigenvalue weighted by molar-refractivity contribution is 0.185. The zero-order valence-electron chi connectivity index (χ0n) is 5.61. The molecule has 3 N–H and O–H groups in total. The van der Waals surface area contributed by atoms with Crippen LogP contribution in [-0.4, -0.2) is 44.1 Å². The van der Waals surface area contributed by atoms with E-state index in [1.807, 2.05) is 4.72 Å². The lowest BCUT2D eigenvalue weighted by atomic mass is 10.4. The van der Waals surface area contributed by atoms with E-state index in [1.165, 1.54) is 0 Å². The third-order valence-electron chi connectivity index (χ3n) is 0.822. The molecule has 10 heavy (non-hydrogen) atoms. The fourth-order valence-corrected chi connectivity index (χ4v) is 1.19. The van der Waals surface area contributed by atoms with Gasteiger partial charge in [0.25, 0.3) is 0 Å². The van der Waals surface area contributed by atoms with Crippen LogP contribution >= 0.6 is 0 Å². The molecule has 0 bridgehead atoms. The number of sulfonamides is 1. The maximum Gasteiger partial charge on any atom is 0.209 e. The van der Waals surface area contributed by atoms with E-state index in [0.29, 0.717) is 0 Å². The number of hydrogen-bond acceptors (Lipinski definition) is 4. The molecule has 0 saturated heterocycles. The molecule has 0 saturated carbocycles. The Morgan fingerprint density at radius 1 is 1.40 bits per heavy atom. The molecule has 0 radical (unpaired) electrons. The quantitative estimate of drug-likeness (QED) is 0.449. The van der Waals surface area contributed by atoms with Crippen LogP contribution < -0.4 is 4.72 Å². The molecule has 0 aromatic heterocycles. The normalized spacial score (nSPS) is 12.4. The lowest BCUT2D eigenvalue weighted by Gasteiger charge is -2.09. The largest absolute Gasteiger partial charge is 0.395 e. The summed E-state index contributed by atoms with van der Waals surface area (Å²) in [7, 11) is -3.32. The Morgan fingerprint density at radius 3 is 1.90 bits per heavy atom. The van der Waals surface area contributed by atoms with Gasteiger partial charge in [-0.05, 0) is 0 Å².